The van der Waals surface area contributed by atoms with Gasteiger partial charge in [-0.2, -0.15) is 5.26 Å². The van der Waals surface area contributed by atoms with E-state index < -0.39 is 0 Å². The molecule has 6 nitrogen and oxygen atoms in total. The summed E-state index contributed by atoms with van der Waals surface area (Å²) in [6.45, 7) is 8.95. The summed E-state index contributed by atoms with van der Waals surface area (Å²) >= 11 is 1.27. The van der Waals surface area contributed by atoms with E-state index in [4.69, 9.17) is 4.74 Å². The summed E-state index contributed by atoms with van der Waals surface area (Å²) in [5.74, 6) is -0.246. The summed E-state index contributed by atoms with van der Waals surface area (Å²) < 4.78 is 18.8. The minimum absolute atomic E-state index is 0.0601. The van der Waals surface area contributed by atoms with Crippen LogP contribution in [0.1, 0.15) is 34.0 Å². The Kier molecular flexibility index (Phi) is 8.02. The summed E-state index contributed by atoms with van der Waals surface area (Å²) in [6.07, 6.45) is 0. The van der Waals surface area contributed by atoms with Crippen LogP contribution in [0.25, 0.3) is 0 Å². The predicted octanol–water partition coefficient (Wildman–Crippen LogP) is 3.30. The van der Waals surface area contributed by atoms with Crippen LogP contribution in [-0.2, 0) is 9.53 Å². The molecule has 3 rings (SSSR count). The fourth-order valence-corrected chi connectivity index (χ4v) is 4.49. The Hall–Kier alpha value is -2.47. The number of hydrogen-bond acceptors (Lipinski definition) is 6. The highest BCUT2D eigenvalue weighted by Gasteiger charge is 2.23. The first-order valence-corrected chi connectivity index (χ1v) is 11.2. The average Bonchev–Trinajstić information content (AvgIpc) is 2.78. The molecule has 1 aliphatic heterocycles. The second-order valence-electron chi connectivity index (χ2n) is 7.55. The van der Waals surface area contributed by atoms with Gasteiger partial charge >= 0.3 is 0 Å². The van der Waals surface area contributed by atoms with Crippen molar-refractivity contribution in [3.63, 3.8) is 0 Å². The number of amides is 1. The van der Waals surface area contributed by atoms with Gasteiger partial charge in [0.05, 0.1) is 30.6 Å². The number of carbonyl (C=O) groups excluding carboxylic acids is 1. The number of pyridine rings is 1. The third-order valence-corrected chi connectivity index (χ3v) is 6.62. The number of halogens is 1. The molecule has 1 amide bonds. The van der Waals surface area contributed by atoms with Crippen LogP contribution < -0.4 is 5.32 Å². The maximum absolute atomic E-state index is 13.4. The minimum atomic E-state index is -0.283. The highest BCUT2D eigenvalue weighted by atomic mass is 32.2. The zero-order valence-electron chi connectivity index (χ0n) is 18.1. The molecule has 1 aromatic heterocycles. The number of hydrogen-bond donors (Lipinski definition) is 1. The van der Waals surface area contributed by atoms with E-state index in [9.17, 15) is 14.4 Å². The number of morpholine rings is 1. The third kappa shape index (κ3) is 5.82. The van der Waals surface area contributed by atoms with Crippen LogP contribution in [0.2, 0.25) is 0 Å². The molecule has 0 spiro atoms. The summed E-state index contributed by atoms with van der Waals surface area (Å²) in [6, 6.07) is 8.56. The molecule has 1 aromatic carbocycles. The van der Waals surface area contributed by atoms with Crippen molar-refractivity contribution in [3.8, 4) is 6.07 Å². The number of aromatic nitrogens is 1. The first kappa shape index (κ1) is 23.2. The Bertz CT molecular complexity index is 969. The lowest BCUT2D eigenvalue weighted by Crippen LogP contribution is -2.44. The summed E-state index contributed by atoms with van der Waals surface area (Å²) in [7, 11) is 0. The largest absolute Gasteiger partial charge is 0.379 e. The molecule has 1 N–H and O–H groups in total. The van der Waals surface area contributed by atoms with Crippen molar-refractivity contribution in [2.75, 3.05) is 38.6 Å². The van der Waals surface area contributed by atoms with Crippen LogP contribution in [-0.4, -0.2) is 54.4 Å². The van der Waals surface area contributed by atoms with Crippen molar-refractivity contribution < 1.29 is 13.9 Å². The molecule has 31 heavy (non-hydrogen) atoms. The molecule has 0 radical (unpaired) electrons. The van der Waals surface area contributed by atoms with Crippen LogP contribution in [0.15, 0.2) is 29.3 Å². The summed E-state index contributed by atoms with van der Waals surface area (Å²) in [5.41, 5.74) is 4.25. The van der Waals surface area contributed by atoms with Gasteiger partial charge < -0.3 is 10.1 Å². The Morgan fingerprint density at radius 1 is 1.26 bits per heavy atom. The molecule has 1 fully saturated rings. The van der Waals surface area contributed by atoms with E-state index in [0.29, 0.717) is 30.3 Å². The van der Waals surface area contributed by atoms with Crippen LogP contribution in [0.4, 0.5) is 4.39 Å². The molecule has 164 valence electrons. The number of aryl methyl sites for hydroxylation is 1. The van der Waals surface area contributed by atoms with Crippen LogP contribution in [0.3, 0.4) is 0 Å². The highest BCUT2D eigenvalue weighted by molar-refractivity contribution is 8.00. The molecule has 1 saturated heterocycles. The lowest BCUT2D eigenvalue weighted by Gasteiger charge is -2.35. The van der Waals surface area contributed by atoms with Crippen molar-refractivity contribution in [1.29, 1.82) is 5.26 Å². The van der Waals surface area contributed by atoms with E-state index in [1.807, 2.05) is 20.8 Å². The number of carbonyl (C=O) groups is 1. The fraction of sp³-hybridized carbons (Fsp3) is 0.435. The van der Waals surface area contributed by atoms with Crippen molar-refractivity contribution in [1.82, 2.24) is 15.2 Å². The monoisotopic (exact) mass is 442 g/mol. The van der Waals surface area contributed by atoms with Gasteiger partial charge in [0.15, 0.2) is 0 Å². The number of nitrogens with one attached hydrogen (secondary N) is 1. The van der Waals surface area contributed by atoms with E-state index in [1.165, 1.54) is 23.9 Å². The molecule has 2 aromatic rings. The van der Waals surface area contributed by atoms with Crippen molar-refractivity contribution in [3.05, 3.63) is 58.0 Å². The predicted molar refractivity (Wildman–Crippen MR) is 118 cm³/mol. The quantitative estimate of drug-likeness (QED) is 0.663. The Morgan fingerprint density at radius 2 is 1.94 bits per heavy atom. The van der Waals surface area contributed by atoms with Gasteiger partial charge in [-0.1, -0.05) is 23.9 Å². The molecule has 1 aliphatic rings. The first-order valence-electron chi connectivity index (χ1n) is 10.3. The van der Waals surface area contributed by atoms with Crippen molar-refractivity contribution in [2.45, 2.75) is 31.8 Å². The molecule has 0 bridgehead atoms. The zero-order valence-corrected chi connectivity index (χ0v) is 18.9. The number of nitriles is 1. The summed E-state index contributed by atoms with van der Waals surface area (Å²) in [5, 5.41) is 13.1. The van der Waals surface area contributed by atoms with Crippen LogP contribution in [0, 0.1) is 37.9 Å². The van der Waals surface area contributed by atoms with Crippen LogP contribution in [0.5, 0.6) is 0 Å². The van der Waals surface area contributed by atoms with Crippen molar-refractivity contribution >= 4 is 17.7 Å². The molecule has 0 aliphatic carbocycles. The number of thioether (sulfide) groups is 1. The molecular weight excluding hydrogens is 415 g/mol. The normalized spacial score (nSPS) is 15.3. The maximum Gasteiger partial charge on any atom is 0.230 e. The highest BCUT2D eigenvalue weighted by Crippen LogP contribution is 2.26. The zero-order chi connectivity index (χ0) is 22.4. The van der Waals surface area contributed by atoms with E-state index in [-0.39, 0.29) is 23.5 Å². The molecule has 2 heterocycles. The second kappa shape index (κ2) is 10.7. The topological polar surface area (TPSA) is 78.2 Å². The van der Waals surface area contributed by atoms with E-state index >= 15 is 0 Å². The number of rotatable bonds is 7. The summed E-state index contributed by atoms with van der Waals surface area (Å²) in [4.78, 5) is 19.3. The SMILES string of the molecule is Cc1nc(SCC(=O)NCC(c2ccc(F)cc2)N2CCOCC2)c(C#N)c(C)c1C. The van der Waals surface area contributed by atoms with Crippen LogP contribution >= 0.6 is 11.8 Å². The van der Waals surface area contributed by atoms with E-state index in [1.54, 1.807) is 12.1 Å². The number of ether oxygens (including phenoxy) is 1. The molecule has 1 atom stereocenters. The smallest absolute Gasteiger partial charge is 0.230 e. The third-order valence-electron chi connectivity index (χ3n) is 5.65. The fourth-order valence-electron chi connectivity index (χ4n) is 3.57. The number of nitrogens with zero attached hydrogens (tertiary/aromatic N) is 3. The molecular formula is C23H27FN4O2S. The van der Waals surface area contributed by atoms with Gasteiger partial charge in [-0.25, -0.2) is 9.37 Å². The average molecular weight is 443 g/mol. The maximum atomic E-state index is 13.4. The van der Waals surface area contributed by atoms with E-state index in [0.717, 1.165) is 35.5 Å². The van der Waals surface area contributed by atoms with Gasteiger partial charge in [-0.15, -0.1) is 0 Å². The number of benzene rings is 1. The first-order chi connectivity index (χ1) is 14.9. The van der Waals surface area contributed by atoms with Gasteiger partial charge in [0.2, 0.25) is 5.91 Å². The standard InChI is InChI=1S/C23H27FN4O2S/c1-15-16(2)20(12-25)23(27-17(15)3)31-14-22(29)26-13-21(28-8-10-30-11-9-28)18-4-6-19(24)7-5-18/h4-7,21H,8-11,13-14H2,1-3H3,(H,26,29). The second-order valence-corrected chi connectivity index (χ2v) is 8.51. The minimum Gasteiger partial charge on any atom is -0.379 e. The molecule has 8 heteroatoms. The molecule has 1 unspecified atom stereocenters. The van der Waals surface area contributed by atoms with Gasteiger partial charge in [0.1, 0.15) is 16.9 Å². The Balaban J connectivity index is 1.65. The van der Waals surface area contributed by atoms with Crippen molar-refractivity contribution in [2.24, 2.45) is 0 Å². The lowest BCUT2D eigenvalue weighted by molar-refractivity contribution is -0.118. The lowest BCUT2D eigenvalue weighted by atomic mass is 10.0. The van der Waals surface area contributed by atoms with Gasteiger partial charge in [-0.3, -0.25) is 9.69 Å². The van der Waals surface area contributed by atoms with Gasteiger partial charge in [0, 0.05) is 25.3 Å². The Labute approximate surface area is 186 Å². The van der Waals surface area contributed by atoms with Gasteiger partial charge in [-0.05, 0) is 49.6 Å². The van der Waals surface area contributed by atoms with E-state index in [2.05, 4.69) is 21.3 Å². The van der Waals surface area contributed by atoms with Gasteiger partial charge in [0.25, 0.3) is 0 Å². The Morgan fingerprint density at radius 3 is 2.58 bits per heavy atom. The molecule has 0 saturated carbocycles.